The van der Waals surface area contributed by atoms with Crippen molar-refractivity contribution in [3.63, 3.8) is 0 Å². The van der Waals surface area contributed by atoms with E-state index in [9.17, 15) is 9.59 Å². The van der Waals surface area contributed by atoms with E-state index in [0.29, 0.717) is 12.8 Å². The Morgan fingerprint density at radius 1 is 1.04 bits per heavy atom. The summed E-state index contributed by atoms with van der Waals surface area (Å²) in [6.07, 6.45) is 0.0393. The van der Waals surface area contributed by atoms with Gasteiger partial charge in [-0.3, -0.25) is 4.79 Å². The number of rotatable bonds is 7. The standard InChI is InChI=1S/C20H19N3O4/c21-22-23(12-6-5-11-19(24)25)20(26)27-13-18-16-9-3-1-7-14(16)15-8-2-4-10-17(15)18/h1-4,7-10,18H,5-6,11-13H2/p+1. The summed E-state index contributed by atoms with van der Waals surface area (Å²) in [6, 6.07) is 16.0. The summed E-state index contributed by atoms with van der Waals surface area (Å²) in [7, 11) is 0. The number of nitrogens with zero attached hydrogens (tertiary/aromatic N) is 3. The van der Waals surface area contributed by atoms with E-state index in [1.807, 2.05) is 48.5 Å². The molecule has 7 heteroatoms. The molecule has 0 bridgehead atoms. The number of hydrogen-bond acceptors (Lipinski definition) is 3. The van der Waals surface area contributed by atoms with Gasteiger partial charge < -0.3 is 9.84 Å². The van der Waals surface area contributed by atoms with Gasteiger partial charge in [-0.2, -0.15) is 0 Å². The van der Waals surface area contributed by atoms with Crippen molar-refractivity contribution >= 4 is 12.1 Å². The minimum Gasteiger partial charge on any atom is -0.481 e. The molecule has 27 heavy (non-hydrogen) atoms. The number of unbranched alkanes of at least 4 members (excludes halogenated alkanes) is 1. The number of amides is 1. The number of carboxylic acid groups (broad SMARTS) is 1. The molecule has 1 N–H and O–H groups in total. The molecule has 1 aliphatic carbocycles. The van der Waals surface area contributed by atoms with Crippen molar-refractivity contribution in [2.24, 2.45) is 0 Å². The highest BCUT2D eigenvalue weighted by Crippen LogP contribution is 2.44. The maximum Gasteiger partial charge on any atom is 0.479 e. The number of carboxylic acids is 1. The largest absolute Gasteiger partial charge is 0.481 e. The van der Waals surface area contributed by atoms with Crippen LogP contribution in [0.1, 0.15) is 36.3 Å². The molecule has 0 saturated carbocycles. The molecule has 0 radical (unpaired) electrons. The molecular weight excluding hydrogens is 346 g/mol. The molecule has 0 aliphatic heterocycles. The van der Waals surface area contributed by atoms with E-state index in [0.717, 1.165) is 27.0 Å². The molecule has 2 aromatic rings. The molecule has 0 aromatic heterocycles. The van der Waals surface area contributed by atoms with Crippen LogP contribution in [0.2, 0.25) is 0 Å². The van der Waals surface area contributed by atoms with Gasteiger partial charge in [-0.25, -0.2) is 4.79 Å². The maximum atomic E-state index is 12.2. The molecule has 7 nitrogen and oxygen atoms in total. The Kier molecular flexibility index (Phi) is 5.74. The van der Waals surface area contributed by atoms with Crippen LogP contribution in [0.15, 0.2) is 48.5 Å². The van der Waals surface area contributed by atoms with Gasteiger partial charge >= 0.3 is 17.6 Å². The first-order valence-electron chi connectivity index (χ1n) is 8.81. The van der Waals surface area contributed by atoms with Crippen LogP contribution >= 0.6 is 0 Å². The van der Waals surface area contributed by atoms with Crippen LogP contribution in [-0.2, 0) is 9.53 Å². The van der Waals surface area contributed by atoms with Crippen molar-refractivity contribution < 1.29 is 24.1 Å². The summed E-state index contributed by atoms with van der Waals surface area (Å²) in [5, 5.41) is 8.63. The molecular formula is C20H20N3O4+. The van der Waals surface area contributed by atoms with E-state index in [1.165, 1.54) is 0 Å². The third-order valence-corrected chi connectivity index (χ3v) is 4.67. The van der Waals surface area contributed by atoms with Crippen LogP contribution in [0.5, 0.6) is 0 Å². The van der Waals surface area contributed by atoms with Crippen LogP contribution in [0, 0.1) is 0 Å². The van der Waals surface area contributed by atoms with Crippen molar-refractivity contribution in [1.29, 1.82) is 0 Å². The second-order valence-electron chi connectivity index (χ2n) is 6.37. The quantitative estimate of drug-likeness (QED) is 0.256. The van der Waals surface area contributed by atoms with Crippen LogP contribution in [-0.4, -0.2) is 35.0 Å². The Balaban J connectivity index is 1.65. The van der Waals surface area contributed by atoms with Crippen molar-refractivity contribution in [3.8, 4) is 11.1 Å². The summed E-state index contributed by atoms with van der Waals surface area (Å²) in [6.45, 7) is 0.231. The van der Waals surface area contributed by atoms with Crippen LogP contribution < -0.4 is 0 Å². The van der Waals surface area contributed by atoms with E-state index in [4.69, 9.17) is 15.4 Å². The topological polar surface area (TPSA) is 103 Å². The van der Waals surface area contributed by atoms with Gasteiger partial charge in [0.1, 0.15) is 13.2 Å². The Labute approximate surface area is 156 Å². The lowest BCUT2D eigenvalue weighted by Crippen LogP contribution is -2.22. The van der Waals surface area contributed by atoms with Crippen molar-refractivity contribution in [2.75, 3.05) is 13.2 Å². The van der Waals surface area contributed by atoms with E-state index in [1.54, 1.807) is 0 Å². The van der Waals surface area contributed by atoms with Gasteiger partial charge in [0.05, 0.1) is 4.70 Å². The molecule has 1 aliphatic rings. The first-order valence-corrected chi connectivity index (χ1v) is 8.81. The van der Waals surface area contributed by atoms with Crippen LogP contribution in [0.25, 0.3) is 21.6 Å². The van der Waals surface area contributed by atoms with Gasteiger partial charge in [-0.1, -0.05) is 48.5 Å². The van der Waals surface area contributed by atoms with Crippen molar-refractivity contribution in [2.45, 2.75) is 25.2 Å². The number of carbonyl (C=O) groups excluding carboxylic acids is 1. The molecule has 2 aromatic carbocycles. The van der Waals surface area contributed by atoms with Gasteiger partial charge in [-0.15, -0.1) is 0 Å². The molecule has 1 amide bonds. The van der Waals surface area contributed by atoms with Crippen molar-refractivity contribution in [1.82, 2.24) is 0 Å². The highest BCUT2D eigenvalue weighted by molar-refractivity contribution is 5.78. The molecule has 138 valence electrons. The zero-order chi connectivity index (χ0) is 19.2. The second-order valence-corrected chi connectivity index (χ2v) is 6.37. The normalized spacial score (nSPS) is 12.0. The number of fused-ring (bicyclic) bond motifs is 3. The summed E-state index contributed by atoms with van der Waals surface area (Å²) >= 11 is 0. The minimum absolute atomic E-state index is 0.00393. The first kappa shape index (κ1) is 18.5. The predicted octanol–water partition coefficient (Wildman–Crippen LogP) is 4.51. The molecule has 0 saturated heterocycles. The van der Waals surface area contributed by atoms with E-state index >= 15 is 0 Å². The summed E-state index contributed by atoms with van der Waals surface area (Å²) in [5.74, 6) is -0.975. The van der Waals surface area contributed by atoms with Gasteiger partial charge in [0, 0.05) is 12.3 Å². The zero-order valence-corrected chi connectivity index (χ0v) is 14.7. The summed E-state index contributed by atoms with van der Waals surface area (Å²) in [5.41, 5.74) is 13.5. The fraction of sp³-hybridized carbons (Fsp3) is 0.300. The Morgan fingerprint density at radius 2 is 1.63 bits per heavy atom. The number of hydrogen-bond donors (Lipinski definition) is 1. The first-order chi connectivity index (χ1) is 13.1. The van der Waals surface area contributed by atoms with Crippen molar-refractivity contribution in [3.05, 3.63) is 70.1 Å². The molecule has 0 atom stereocenters. The molecule has 3 rings (SSSR count). The lowest BCUT2D eigenvalue weighted by molar-refractivity contribution is -0.472. The fourth-order valence-corrected chi connectivity index (χ4v) is 3.38. The third-order valence-electron chi connectivity index (χ3n) is 4.67. The Hall–Kier alpha value is -3.31. The van der Waals surface area contributed by atoms with E-state index in [2.05, 4.69) is 4.91 Å². The summed E-state index contributed by atoms with van der Waals surface area (Å²) in [4.78, 5) is 25.7. The fourth-order valence-electron chi connectivity index (χ4n) is 3.38. The highest BCUT2D eigenvalue weighted by atomic mass is 16.6. The molecule has 0 unspecified atom stereocenters. The van der Waals surface area contributed by atoms with E-state index < -0.39 is 12.1 Å². The predicted molar refractivity (Wildman–Crippen MR) is 98.4 cm³/mol. The highest BCUT2D eigenvalue weighted by Gasteiger charge is 2.30. The van der Waals surface area contributed by atoms with E-state index in [-0.39, 0.29) is 25.5 Å². The maximum absolute atomic E-state index is 12.2. The third kappa shape index (κ3) is 4.10. The number of benzene rings is 2. The lowest BCUT2D eigenvalue weighted by Gasteiger charge is -2.13. The molecule has 0 heterocycles. The SMILES string of the molecule is [N-]=[N+]=[N+](CCCCC(=O)O)C(=O)OCC1c2ccccc2-c2ccccc21. The average Bonchev–Trinajstić information content (AvgIpc) is 3.00. The van der Waals surface area contributed by atoms with Gasteiger partial charge in [0.2, 0.25) is 4.91 Å². The summed E-state index contributed by atoms with van der Waals surface area (Å²) < 4.78 is 6.20. The monoisotopic (exact) mass is 366 g/mol. The van der Waals surface area contributed by atoms with Gasteiger partial charge in [0.15, 0.2) is 0 Å². The second kappa shape index (κ2) is 8.38. The average molecular weight is 366 g/mol. The zero-order valence-electron chi connectivity index (χ0n) is 14.7. The Morgan fingerprint density at radius 3 is 2.19 bits per heavy atom. The van der Waals surface area contributed by atoms with Gasteiger partial charge in [-0.05, 0) is 35.1 Å². The van der Waals surface area contributed by atoms with Crippen LogP contribution in [0.3, 0.4) is 0 Å². The number of carbonyl (C=O) groups is 2. The lowest BCUT2D eigenvalue weighted by atomic mass is 9.98. The number of ether oxygens (including phenoxy) is 1. The van der Waals surface area contributed by atoms with Gasteiger partial charge in [0.25, 0.3) is 0 Å². The molecule has 0 spiro atoms. The van der Waals surface area contributed by atoms with Crippen LogP contribution in [0.4, 0.5) is 4.79 Å². The molecule has 0 fully saturated rings. The Bertz CT molecular complexity index is 873. The smallest absolute Gasteiger partial charge is 0.479 e. The minimum atomic E-state index is -0.899. The number of aliphatic carboxylic acids is 1.